The van der Waals surface area contributed by atoms with Crippen LogP contribution in [0, 0.1) is 5.92 Å². The van der Waals surface area contributed by atoms with Crippen molar-refractivity contribution in [3.63, 3.8) is 0 Å². The van der Waals surface area contributed by atoms with E-state index in [1.165, 1.54) is 5.56 Å². The van der Waals surface area contributed by atoms with Crippen LogP contribution in [0.1, 0.15) is 17.9 Å². The van der Waals surface area contributed by atoms with Crippen molar-refractivity contribution in [1.82, 2.24) is 0 Å². The average Bonchev–Trinajstić information content (AvgIpc) is 2.75. The van der Waals surface area contributed by atoms with Gasteiger partial charge in [0, 0.05) is 17.0 Å². The molecule has 2 rings (SSSR count). The molecular formula is C12H16BrNO. The molecule has 0 radical (unpaired) electrons. The van der Waals surface area contributed by atoms with Crippen molar-refractivity contribution < 1.29 is 4.74 Å². The van der Waals surface area contributed by atoms with Gasteiger partial charge in [-0.05, 0) is 30.5 Å². The molecule has 2 nitrogen and oxygen atoms in total. The van der Waals surface area contributed by atoms with Crippen molar-refractivity contribution in [2.45, 2.75) is 12.3 Å². The Morgan fingerprint density at radius 3 is 2.87 bits per heavy atom. The average molecular weight is 270 g/mol. The van der Waals surface area contributed by atoms with Crippen LogP contribution in [-0.4, -0.2) is 19.8 Å². The summed E-state index contributed by atoms with van der Waals surface area (Å²) in [5.41, 5.74) is 7.19. The highest BCUT2D eigenvalue weighted by molar-refractivity contribution is 9.10. The molecule has 2 unspecified atom stereocenters. The molecule has 15 heavy (non-hydrogen) atoms. The molecule has 1 aromatic carbocycles. The molecule has 0 saturated carbocycles. The maximum absolute atomic E-state index is 5.88. The van der Waals surface area contributed by atoms with Gasteiger partial charge in [-0.15, -0.1) is 0 Å². The molecule has 2 atom stereocenters. The predicted molar refractivity (Wildman–Crippen MR) is 64.9 cm³/mol. The second kappa shape index (κ2) is 5.10. The summed E-state index contributed by atoms with van der Waals surface area (Å²) in [6.07, 6.45) is 1.13. The minimum atomic E-state index is 0.420. The van der Waals surface area contributed by atoms with Crippen LogP contribution in [0.25, 0.3) is 0 Å². The van der Waals surface area contributed by atoms with E-state index in [1.54, 1.807) is 0 Å². The topological polar surface area (TPSA) is 35.2 Å². The Labute approximate surface area is 98.9 Å². The minimum Gasteiger partial charge on any atom is -0.381 e. The second-order valence-electron chi connectivity index (χ2n) is 3.99. The minimum absolute atomic E-state index is 0.420. The van der Waals surface area contributed by atoms with Crippen LogP contribution in [0.2, 0.25) is 0 Å². The van der Waals surface area contributed by atoms with Crippen LogP contribution in [0.15, 0.2) is 28.7 Å². The number of hydrogen-bond acceptors (Lipinski definition) is 2. The van der Waals surface area contributed by atoms with E-state index in [4.69, 9.17) is 10.5 Å². The first-order valence-corrected chi connectivity index (χ1v) is 6.14. The molecule has 1 saturated heterocycles. The Hall–Kier alpha value is -0.380. The van der Waals surface area contributed by atoms with Gasteiger partial charge in [0.2, 0.25) is 0 Å². The van der Waals surface area contributed by atoms with Gasteiger partial charge in [0.1, 0.15) is 0 Å². The highest BCUT2D eigenvalue weighted by atomic mass is 79.9. The predicted octanol–water partition coefficient (Wildman–Crippen LogP) is 2.53. The fourth-order valence-corrected chi connectivity index (χ4v) is 2.80. The first-order valence-electron chi connectivity index (χ1n) is 5.35. The highest BCUT2D eigenvalue weighted by Crippen LogP contribution is 2.33. The molecule has 82 valence electrons. The van der Waals surface area contributed by atoms with E-state index in [1.807, 2.05) is 6.07 Å². The fourth-order valence-electron chi connectivity index (χ4n) is 2.22. The molecule has 0 spiro atoms. The van der Waals surface area contributed by atoms with E-state index in [2.05, 4.69) is 34.1 Å². The van der Waals surface area contributed by atoms with E-state index in [-0.39, 0.29) is 0 Å². The summed E-state index contributed by atoms with van der Waals surface area (Å²) in [6, 6.07) is 8.33. The number of hydrogen-bond donors (Lipinski definition) is 1. The van der Waals surface area contributed by atoms with Crippen LogP contribution in [0.5, 0.6) is 0 Å². The van der Waals surface area contributed by atoms with Gasteiger partial charge < -0.3 is 10.5 Å². The zero-order valence-corrected chi connectivity index (χ0v) is 10.2. The Balaban J connectivity index is 2.22. The van der Waals surface area contributed by atoms with E-state index < -0.39 is 0 Å². The Kier molecular flexibility index (Phi) is 3.78. The Morgan fingerprint density at radius 1 is 1.47 bits per heavy atom. The Morgan fingerprint density at radius 2 is 2.27 bits per heavy atom. The molecule has 1 aliphatic rings. The lowest BCUT2D eigenvalue weighted by Gasteiger charge is -2.22. The zero-order valence-electron chi connectivity index (χ0n) is 8.66. The molecule has 1 fully saturated rings. The fraction of sp³-hybridized carbons (Fsp3) is 0.500. The summed E-state index contributed by atoms with van der Waals surface area (Å²) in [6.45, 7) is 2.42. The highest BCUT2D eigenvalue weighted by Gasteiger charge is 2.26. The van der Waals surface area contributed by atoms with Gasteiger partial charge in [-0.1, -0.05) is 34.1 Å². The molecule has 1 heterocycles. The van der Waals surface area contributed by atoms with Gasteiger partial charge in [0.05, 0.1) is 6.61 Å². The second-order valence-corrected chi connectivity index (χ2v) is 4.84. The molecule has 1 aliphatic heterocycles. The van der Waals surface area contributed by atoms with E-state index in [0.29, 0.717) is 18.4 Å². The van der Waals surface area contributed by atoms with Gasteiger partial charge in [0.15, 0.2) is 0 Å². The summed E-state index contributed by atoms with van der Waals surface area (Å²) < 4.78 is 6.59. The molecular weight excluding hydrogens is 254 g/mol. The first-order chi connectivity index (χ1) is 7.33. The first kappa shape index (κ1) is 11.1. The molecule has 1 aromatic rings. The molecule has 3 heteroatoms. The SMILES string of the molecule is NCC(c1ccccc1Br)C1CCOC1. The third kappa shape index (κ3) is 2.41. The van der Waals surface area contributed by atoms with Crippen molar-refractivity contribution in [3.05, 3.63) is 34.3 Å². The Bertz CT molecular complexity index is 323. The smallest absolute Gasteiger partial charge is 0.0501 e. The van der Waals surface area contributed by atoms with E-state index in [0.717, 1.165) is 24.1 Å². The van der Waals surface area contributed by atoms with Crippen LogP contribution in [-0.2, 0) is 4.74 Å². The van der Waals surface area contributed by atoms with Crippen LogP contribution in [0.3, 0.4) is 0 Å². The van der Waals surface area contributed by atoms with Crippen LogP contribution in [0.4, 0.5) is 0 Å². The van der Waals surface area contributed by atoms with Gasteiger partial charge >= 0.3 is 0 Å². The van der Waals surface area contributed by atoms with Crippen molar-refractivity contribution in [2.75, 3.05) is 19.8 Å². The number of nitrogens with two attached hydrogens (primary N) is 1. The maximum atomic E-state index is 5.88. The van der Waals surface area contributed by atoms with Crippen molar-refractivity contribution in [2.24, 2.45) is 11.7 Å². The molecule has 0 aromatic heterocycles. The maximum Gasteiger partial charge on any atom is 0.0501 e. The summed E-state index contributed by atoms with van der Waals surface area (Å²) in [4.78, 5) is 0. The van der Waals surface area contributed by atoms with Crippen molar-refractivity contribution in [3.8, 4) is 0 Å². The van der Waals surface area contributed by atoms with E-state index in [9.17, 15) is 0 Å². The largest absolute Gasteiger partial charge is 0.381 e. The summed E-state index contributed by atoms with van der Waals surface area (Å²) in [5, 5.41) is 0. The normalized spacial score (nSPS) is 22.9. The molecule has 0 amide bonds. The molecule has 0 bridgehead atoms. The third-order valence-electron chi connectivity index (χ3n) is 3.09. The quantitative estimate of drug-likeness (QED) is 0.916. The summed E-state index contributed by atoms with van der Waals surface area (Å²) in [7, 11) is 0. The number of rotatable bonds is 3. The monoisotopic (exact) mass is 269 g/mol. The standard InChI is InChI=1S/C12H16BrNO/c13-12-4-2-1-3-10(12)11(7-14)9-5-6-15-8-9/h1-4,9,11H,5-8,14H2. The number of ether oxygens (including phenoxy) is 1. The lowest BCUT2D eigenvalue weighted by molar-refractivity contribution is 0.181. The summed E-state index contributed by atoms with van der Waals surface area (Å²) in [5.74, 6) is 0.997. The van der Waals surface area contributed by atoms with Gasteiger partial charge in [-0.25, -0.2) is 0 Å². The lowest BCUT2D eigenvalue weighted by atomic mass is 9.85. The summed E-state index contributed by atoms with van der Waals surface area (Å²) >= 11 is 3.59. The third-order valence-corrected chi connectivity index (χ3v) is 3.81. The van der Waals surface area contributed by atoms with Crippen LogP contribution < -0.4 is 5.73 Å². The van der Waals surface area contributed by atoms with Crippen molar-refractivity contribution in [1.29, 1.82) is 0 Å². The van der Waals surface area contributed by atoms with Gasteiger partial charge in [0.25, 0.3) is 0 Å². The molecule has 0 aliphatic carbocycles. The van der Waals surface area contributed by atoms with Crippen molar-refractivity contribution >= 4 is 15.9 Å². The van der Waals surface area contributed by atoms with E-state index >= 15 is 0 Å². The van der Waals surface area contributed by atoms with Gasteiger partial charge in [-0.2, -0.15) is 0 Å². The molecule has 2 N–H and O–H groups in total. The number of halogens is 1. The lowest BCUT2D eigenvalue weighted by Crippen LogP contribution is -2.22. The number of benzene rings is 1. The van der Waals surface area contributed by atoms with Crippen LogP contribution >= 0.6 is 15.9 Å². The van der Waals surface area contributed by atoms with Gasteiger partial charge in [-0.3, -0.25) is 0 Å². The zero-order chi connectivity index (χ0) is 10.7.